The number of amides is 3. The van der Waals surface area contributed by atoms with Gasteiger partial charge in [-0.15, -0.1) is 0 Å². The molecule has 8 aliphatic rings. The average Bonchev–Trinajstić information content (AvgIpc) is 3.96. The van der Waals surface area contributed by atoms with Gasteiger partial charge in [0.1, 0.15) is 28.8 Å². The monoisotopic (exact) mass is 992 g/mol. The molecule has 6 saturated heterocycles. The van der Waals surface area contributed by atoms with Crippen molar-refractivity contribution in [2.75, 3.05) is 94.9 Å². The van der Waals surface area contributed by atoms with E-state index in [-0.39, 0.29) is 52.5 Å². The number of nitrogens with zero attached hydrogens (tertiary/aromatic N) is 9. The van der Waals surface area contributed by atoms with E-state index in [1.807, 2.05) is 30.3 Å². The van der Waals surface area contributed by atoms with Crippen LogP contribution in [0.3, 0.4) is 0 Å². The second kappa shape index (κ2) is 18.7. The molecule has 16 nitrogen and oxygen atoms in total. The Labute approximate surface area is 425 Å². The number of nitrogens with one attached hydrogen (secondary N) is 2. The Bertz CT molecular complexity index is 2990. The summed E-state index contributed by atoms with van der Waals surface area (Å²) in [5.41, 5.74) is 4.73. The number of imide groups is 1. The van der Waals surface area contributed by atoms with E-state index < -0.39 is 11.9 Å². The maximum atomic E-state index is 17.2. The first-order valence-corrected chi connectivity index (χ1v) is 27.0. The van der Waals surface area contributed by atoms with Gasteiger partial charge in [0, 0.05) is 125 Å². The van der Waals surface area contributed by atoms with Gasteiger partial charge in [0.25, 0.3) is 5.91 Å². The quantitative estimate of drug-likeness (QED) is 0.130. The van der Waals surface area contributed by atoms with Gasteiger partial charge in [0.2, 0.25) is 11.8 Å². The third kappa shape index (κ3) is 8.93. The molecule has 1 saturated carbocycles. The molecule has 2 aromatic heterocycles. The van der Waals surface area contributed by atoms with E-state index >= 15 is 4.39 Å². The molecule has 7 fully saturated rings. The van der Waals surface area contributed by atoms with Crippen LogP contribution in [0.4, 0.5) is 15.9 Å². The number of aromatic nitrogens is 3. The molecule has 13 rings (SSSR count). The SMILES string of the molecule is CCc1cccc2cc(O)cc(-c3ncc4c(N5CC6CCC(C5)N6)nc(OCC5(CN6CCC(N7CC(CN8CCN(c9ccc%10c(c9)CN([C@H]9CCC(=O)NC9=O)C%10=O)CC8)C7)CC6)CC5)nc4c3F)c12. The fourth-order valence-corrected chi connectivity index (χ4v) is 13.5. The van der Waals surface area contributed by atoms with Gasteiger partial charge in [-0.2, -0.15) is 9.97 Å². The van der Waals surface area contributed by atoms with Crippen molar-refractivity contribution >= 4 is 50.9 Å². The molecule has 9 heterocycles. The number of likely N-dealkylation sites (tertiary alicyclic amines) is 2. The molecule has 1 aliphatic carbocycles. The van der Waals surface area contributed by atoms with Gasteiger partial charge in [-0.3, -0.25) is 34.5 Å². The number of phenols is 1. The van der Waals surface area contributed by atoms with E-state index in [4.69, 9.17) is 19.7 Å². The Morgan fingerprint density at radius 1 is 0.849 bits per heavy atom. The maximum Gasteiger partial charge on any atom is 0.319 e. The minimum atomic E-state index is -0.598. The number of piperidine rings is 2. The van der Waals surface area contributed by atoms with E-state index in [9.17, 15) is 19.5 Å². The number of pyridine rings is 1. The molecule has 3 aromatic carbocycles. The fraction of sp³-hybridized carbons (Fsp3) is 0.536. The van der Waals surface area contributed by atoms with Gasteiger partial charge in [0.05, 0.1) is 12.0 Å². The first kappa shape index (κ1) is 46.8. The fourth-order valence-electron chi connectivity index (χ4n) is 13.5. The predicted octanol–water partition coefficient (Wildman–Crippen LogP) is 5.33. The third-order valence-electron chi connectivity index (χ3n) is 17.7. The molecular formula is C56H66FN11O5. The molecule has 17 heteroatoms. The summed E-state index contributed by atoms with van der Waals surface area (Å²) in [6.45, 7) is 15.0. The van der Waals surface area contributed by atoms with E-state index in [0.717, 1.165) is 138 Å². The maximum absolute atomic E-state index is 17.2. The Balaban J connectivity index is 0.606. The van der Waals surface area contributed by atoms with Crippen LogP contribution in [0.5, 0.6) is 11.8 Å². The Hall–Kier alpha value is -6.01. The molecule has 0 radical (unpaired) electrons. The van der Waals surface area contributed by atoms with Crippen molar-refractivity contribution in [3.8, 4) is 23.0 Å². The molecule has 3 N–H and O–H groups in total. The molecule has 3 amide bonds. The zero-order chi connectivity index (χ0) is 49.5. The standard InChI is InChI=1S/C56H66FN11O5/c1-2-35-4-3-5-36-23-42(69)24-44(48(35)36)50-49(57)51-45(25-58-50)52(67-30-38-6-7-39(31-67)59-38)62-55(61-51)73-33-56(14-15-56)32-64-16-12-40(13-17-64)66-27-34(28-66)26-63-18-20-65(21-19-63)41-8-9-43-37(22-41)29-68(54(43)72)46-10-11-47(70)60-53(46)71/h3-5,8-9,22-25,34,38-40,46,59,69H,2,6-7,10-21,26-33H2,1H3,(H,60,70,71)/t38?,39?,46-/m0/s1. The highest BCUT2D eigenvalue weighted by molar-refractivity contribution is 6.06. The number of carbonyl (C=O) groups is 3. The zero-order valence-corrected chi connectivity index (χ0v) is 41.8. The number of rotatable bonds is 13. The molecule has 2 unspecified atom stereocenters. The minimum absolute atomic E-state index is 0.0306. The van der Waals surface area contributed by atoms with Crippen molar-refractivity contribution < 1.29 is 28.6 Å². The van der Waals surface area contributed by atoms with Gasteiger partial charge in [-0.05, 0) is 123 Å². The number of phenolic OH excluding ortho intramolecular Hbond substituents is 1. The minimum Gasteiger partial charge on any atom is -0.508 e. The number of aromatic hydroxyl groups is 1. The van der Waals surface area contributed by atoms with Crippen molar-refractivity contribution in [1.29, 1.82) is 0 Å². The first-order chi connectivity index (χ1) is 35.5. The zero-order valence-electron chi connectivity index (χ0n) is 41.8. The molecule has 5 aromatic rings. The number of hydrogen-bond donors (Lipinski definition) is 3. The molecule has 7 aliphatic heterocycles. The van der Waals surface area contributed by atoms with Crippen molar-refractivity contribution in [3.05, 3.63) is 77.2 Å². The topological polar surface area (TPSA) is 163 Å². The largest absolute Gasteiger partial charge is 0.508 e. The normalized spacial score (nSPS) is 24.9. The molecule has 382 valence electrons. The van der Waals surface area contributed by atoms with Crippen LogP contribution in [0, 0.1) is 17.2 Å². The van der Waals surface area contributed by atoms with Crippen LogP contribution < -0.4 is 25.2 Å². The number of benzene rings is 3. The van der Waals surface area contributed by atoms with Gasteiger partial charge in [-0.1, -0.05) is 25.1 Å². The van der Waals surface area contributed by atoms with Crippen LogP contribution in [-0.2, 0) is 22.6 Å². The van der Waals surface area contributed by atoms with Crippen LogP contribution in [0.15, 0.2) is 54.7 Å². The number of halogens is 1. The number of hydrogen-bond acceptors (Lipinski definition) is 14. The van der Waals surface area contributed by atoms with E-state index in [2.05, 4.69) is 48.1 Å². The second-order valence-electron chi connectivity index (χ2n) is 22.6. The highest BCUT2D eigenvalue weighted by Crippen LogP contribution is 2.47. The summed E-state index contributed by atoms with van der Waals surface area (Å²) in [6, 6.07) is 16.3. The van der Waals surface area contributed by atoms with Crippen LogP contribution in [-0.4, -0.2) is 167 Å². The van der Waals surface area contributed by atoms with Crippen LogP contribution in [0.2, 0.25) is 0 Å². The Morgan fingerprint density at radius 2 is 1.64 bits per heavy atom. The lowest BCUT2D eigenvalue weighted by Gasteiger charge is -2.49. The summed E-state index contributed by atoms with van der Waals surface area (Å²) in [4.78, 5) is 66.3. The van der Waals surface area contributed by atoms with E-state index in [0.29, 0.717) is 65.9 Å². The number of aryl methyl sites for hydroxylation is 1. The average molecular weight is 992 g/mol. The second-order valence-corrected chi connectivity index (χ2v) is 22.6. The van der Waals surface area contributed by atoms with Crippen LogP contribution in [0.1, 0.15) is 79.8 Å². The summed E-state index contributed by atoms with van der Waals surface area (Å²) < 4.78 is 23.8. The van der Waals surface area contributed by atoms with Crippen molar-refractivity contribution in [1.82, 2.24) is 45.2 Å². The summed E-state index contributed by atoms with van der Waals surface area (Å²) in [7, 11) is 0. The van der Waals surface area contributed by atoms with Gasteiger partial charge in [-0.25, -0.2) is 4.39 Å². The molecular weight excluding hydrogens is 926 g/mol. The van der Waals surface area contributed by atoms with E-state index in [1.54, 1.807) is 23.2 Å². The first-order valence-electron chi connectivity index (χ1n) is 27.0. The van der Waals surface area contributed by atoms with Gasteiger partial charge < -0.3 is 34.8 Å². The Morgan fingerprint density at radius 3 is 2.40 bits per heavy atom. The Kier molecular flexibility index (Phi) is 12.0. The van der Waals surface area contributed by atoms with Crippen molar-refractivity contribution in [2.24, 2.45) is 11.3 Å². The molecule has 2 bridgehead atoms. The number of piperazine rings is 2. The number of ether oxygens (including phenoxy) is 1. The summed E-state index contributed by atoms with van der Waals surface area (Å²) >= 11 is 0. The third-order valence-corrected chi connectivity index (χ3v) is 17.7. The smallest absolute Gasteiger partial charge is 0.319 e. The van der Waals surface area contributed by atoms with Crippen molar-refractivity contribution in [3.63, 3.8) is 0 Å². The lowest BCUT2D eigenvalue weighted by molar-refractivity contribution is -0.136. The van der Waals surface area contributed by atoms with E-state index in [1.165, 1.54) is 12.8 Å². The summed E-state index contributed by atoms with van der Waals surface area (Å²) in [5, 5.41) is 19.2. The van der Waals surface area contributed by atoms with Gasteiger partial charge >= 0.3 is 6.01 Å². The number of fused-ring (bicyclic) bond motifs is 5. The number of carbonyl (C=O) groups excluding carboxylic acids is 3. The van der Waals surface area contributed by atoms with Crippen LogP contribution >= 0.6 is 0 Å². The molecule has 3 atom stereocenters. The van der Waals surface area contributed by atoms with Crippen molar-refractivity contribution in [2.45, 2.75) is 95.4 Å². The highest BCUT2D eigenvalue weighted by atomic mass is 19.1. The molecule has 73 heavy (non-hydrogen) atoms. The summed E-state index contributed by atoms with van der Waals surface area (Å²) in [6.07, 6.45) is 9.83. The van der Waals surface area contributed by atoms with Crippen LogP contribution in [0.25, 0.3) is 32.9 Å². The lowest BCUT2D eigenvalue weighted by atomic mass is 9.92. The predicted molar refractivity (Wildman–Crippen MR) is 276 cm³/mol. The number of anilines is 2. The molecule has 0 spiro atoms. The van der Waals surface area contributed by atoms with Gasteiger partial charge in [0.15, 0.2) is 5.82 Å². The lowest BCUT2D eigenvalue weighted by Crippen LogP contribution is -2.59. The summed E-state index contributed by atoms with van der Waals surface area (Å²) in [5.74, 6) is 0.112. The highest BCUT2D eigenvalue weighted by Gasteiger charge is 2.46.